The second kappa shape index (κ2) is 4.17. The van der Waals surface area contributed by atoms with Crippen molar-refractivity contribution < 1.29 is 0 Å². The van der Waals surface area contributed by atoms with Gasteiger partial charge in [-0.05, 0) is 31.7 Å². The highest BCUT2D eigenvalue weighted by molar-refractivity contribution is 7.12. The quantitative estimate of drug-likeness (QED) is 0.661. The van der Waals surface area contributed by atoms with Gasteiger partial charge >= 0.3 is 6.26 Å². The Hall–Kier alpha value is -0.175. The van der Waals surface area contributed by atoms with Crippen molar-refractivity contribution in [1.82, 2.24) is 4.81 Å². The number of hydrogen-bond acceptors (Lipinski definition) is 1. The molecule has 0 amide bonds. The van der Waals surface area contributed by atoms with E-state index in [0.717, 1.165) is 10.5 Å². The van der Waals surface area contributed by atoms with Crippen LogP contribution in [0.4, 0.5) is 0 Å². The van der Waals surface area contributed by atoms with E-state index in [1.54, 1.807) is 0 Å². The highest BCUT2D eigenvalue weighted by Crippen LogP contribution is 2.05. The van der Waals surface area contributed by atoms with Crippen molar-refractivity contribution >= 4 is 34.8 Å². The van der Waals surface area contributed by atoms with Gasteiger partial charge < -0.3 is 4.81 Å². The highest BCUT2D eigenvalue weighted by atomic mass is 35.5. The molecule has 64 valence electrons. The lowest BCUT2D eigenvalue weighted by Gasteiger charge is -2.13. The molecule has 0 spiro atoms. The van der Waals surface area contributed by atoms with Crippen molar-refractivity contribution in [3.05, 3.63) is 29.3 Å². The zero-order chi connectivity index (χ0) is 9.14. The summed E-state index contributed by atoms with van der Waals surface area (Å²) in [7, 11) is 3.87. The Morgan fingerprint density at radius 1 is 1.17 bits per heavy atom. The summed E-state index contributed by atoms with van der Waals surface area (Å²) in [5.74, 6) is 0. The summed E-state index contributed by atoms with van der Waals surface area (Å²) in [6.07, 6.45) is -0.0812. The fourth-order valence-electron chi connectivity index (χ4n) is 0.920. The van der Waals surface area contributed by atoms with Gasteiger partial charge in [-0.2, -0.15) is 11.5 Å². The Morgan fingerprint density at radius 2 is 1.67 bits per heavy atom. The Morgan fingerprint density at radius 3 is 2.08 bits per heavy atom. The minimum atomic E-state index is -0.0812. The van der Waals surface area contributed by atoms with Crippen LogP contribution in [0.5, 0.6) is 0 Å². The summed E-state index contributed by atoms with van der Waals surface area (Å²) in [6.45, 7) is 0. The largest absolute Gasteiger partial charge is 0.364 e. The number of rotatable bonds is 2. The van der Waals surface area contributed by atoms with E-state index in [-0.39, 0.29) is 6.26 Å². The maximum absolute atomic E-state index is 6.08. The van der Waals surface area contributed by atoms with Gasteiger partial charge in [-0.3, -0.25) is 0 Å². The molecule has 4 heteroatoms. The van der Waals surface area contributed by atoms with Crippen molar-refractivity contribution in [3.63, 3.8) is 0 Å². The molecule has 1 aromatic carbocycles. The predicted molar refractivity (Wildman–Crippen MR) is 56.4 cm³/mol. The molecule has 1 rings (SSSR count). The second-order valence-electron chi connectivity index (χ2n) is 2.85. The summed E-state index contributed by atoms with van der Waals surface area (Å²) in [6, 6.07) is 7.55. The van der Waals surface area contributed by atoms with E-state index < -0.39 is 0 Å². The maximum atomic E-state index is 6.08. The smallest absolute Gasteiger partial charge is 0.330 e. The van der Waals surface area contributed by atoms with Crippen LogP contribution in [-0.4, -0.2) is 25.2 Å². The van der Waals surface area contributed by atoms with Crippen LogP contribution in [0.3, 0.4) is 0 Å². The SMILES string of the molecule is CN(C)B(Cl)c1ccc(Cl)cc1. The monoisotopic (exact) mass is 201 g/mol. The molecule has 0 unspecified atom stereocenters. The molecule has 0 heterocycles. The van der Waals surface area contributed by atoms with Gasteiger partial charge in [0.25, 0.3) is 0 Å². The van der Waals surface area contributed by atoms with E-state index >= 15 is 0 Å². The Labute approximate surface area is 83.3 Å². The minimum absolute atomic E-state index is 0.0812. The van der Waals surface area contributed by atoms with Crippen LogP contribution >= 0.6 is 23.1 Å². The lowest BCUT2D eigenvalue weighted by molar-refractivity contribution is 0.663. The third-order valence-corrected chi connectivity index (χ3v) is 2.49. The molecule has 0 aliphatic carbocycles. The molecule has 0 aromatic heterocycles. The summed E-state index contributed by atoms with van der Waals surface area (Å²) in [4.78, 5) is 1.94. The topological polar surface area (TPSA) is 3.24 Å². The van der Waals surface area contributed by atoms with Crippen LogP contribution in [0.2, 0.25) is 5.02 Å². The van der Waals surface area contributed by atoms with Gasteiger partial charge in [0.1, 0.15) is 0 Å². The molecule has 1 aromatic rings. The van der Waals surface area contributed by atoms with Gasteiger partial charge in [-0.15, -0.1) is 0 Å². The van der Waals surface area contributed by atoms with Gasteiger partial charge in [0, 0.05) is 5.02 Å². The number of benzene rings is 1. The van der Waals surface area contributed by atoms with E-state index in [1.165, 1.54) is 0 Å². The molecule has 0 N–H and O–H groups in total. The molecule has 0 saturated carbocycles. The second-order valence-corrected chi connectivity index (χ2v) is 3.70. The van der Waals surface area contributed by atoms with Crippen LogP contribution in [0, 0.1) is 0 Å². The van der Waals surface area contributed by atoms with Crippen molar-refractivity contribution in [2.75, 3.05) is 14.1 Å². The molecular formula is C8H10BCl2N. The van der Waals surface area contributed by atoms with Crippen molar-refractivity contribution in [3.8, 4) is 0 Å². The molecule has 0 bridgehead atoms. The third-order valence-electron chi connectivity index (χ3n) is 1.60. The van der Waals surface area contributed by atoms with Gasteiger partial charge in [-0.1, -0.05) is 23.7 Å². The number of nitrogens with zero attached hydrogens (tertiary/aromatic N) is 1. The average Bonchev–Trinajstić information content (AvgIpc) is 2.04. The van der Waals surface area contributed by atoms with E-state index in [9.17, 15) is 0 Å². The standard InChI is InChI=1S/C8H10BCl2N/c1-12(2)9(11)7-3-5-8(10)6-4-7/h3-6H,1-2H3. The van der Waals surface area contributed by atoms with Crippen LogP contribution in [0.15, 0.2) is 24.3 Å². The molecule has 0 aliphatic heterocycles. The minimum Gasteiger partial charge on any atom is -0.330 e. The van der Waals surface area contributed by atoms with Crippen LogP contribution < -0.4 is 5.46 Å². The first-order valence-corrected chi connectivity index (χ1v) is 4.48. The molecule has 0 aliphatic rings. The fraction of sp³-hybridized carbons (Fsp3) is 0.250. The molecule has 0 fully saturated rings. The number of halogens is 2. The molecule has 1 nitrogen and oxygen atoms in total. The lowest BCUT2D eigenvalue weighted by Crippen LogP contribution is -2.38. The first kappa shape index (κ1) is 9.91. The van der Waals surface area contributed by atoms with Crippen LogP contribution in [0.25, 0.3) is 0 Å². The molecule has 0 saturated heterocycles. The van der Waals surface area contributed by atoms with Crippen molar-refractivity contribution in [2.24, 2.45) is 0 Å². The fourth-order valence-corrected chi connectivity index (χ4v) is 1.19. The van der Waals surface area contributed by atoms with E-state index in [1.807, 2.05) is 43.2 Å². The van der Waals surface area contributed by atoms with E-state index in [2.05, 4.69) is 0 Å². The van der Waals surface area contributed by atoms with Crippen LogP contribution in [-0.2, 0) is 0 Å². The predicted octanol–water partition coefficient (Wildman–Crippen LogP) is 1.84. The zero-order valence-electron chi connectivity index (χ0n) is 7.09. The molecule has 0 atom stereocenters. The molecule has 12 heavy (non-hydrogen) atoms. The van der Waals surface area contributed by atoms with Gasteiger partial charge in [0.05, 0.1) is 0 Å². The Bertz CT molecular complexity index is 248. The van der Waals surface area contributed by atoms with Gasteiger partial charge in [0.15, 0.2) is 0 Å². The first-order chi connectivity index (χ1) is 5.61. The summed E-state index contributed by atoms with van der Waals surface area (Å²) in [5.41, 5.74) is 1.06. The summed E-state index contributed by atoms with van der Waals surface area (Å²) >= 11 is 11.8. The first-order valence-electron chi connectivity index (χ1n) is 3.67. The Kier molecular flexibility index (Phi) is 3.45. The molecule has 0 radical (unpaired) electrons. The number of hydrogen-bond donors (Lipinski definition) is 0. The van der Waals surface area contributed by atoms with E-state index in [0.29, 0.717) is 0 Å². The van der Waals surface area contributed by atoms with Crippen molar-refractivity contribution in [2.45, 2.75) is 0 Å². The van der Waals surface area contributed by atoms with Gasteiger partial charge in [0.2, 0.25) is 0 Å². The average molecular weight is 202 g/mol. The molecular weight excluding hydrogens is 192 g/mol. The maximum Gasteiger partial charge on any atom is 0.364 e. The summed E-state index contributed by atoms with van der Waals surface area (Å²) < 4.78 is 0. The van der Waals surface area contributed by atoms with E-state index in [4.69, 9.17) is 23.1 Å². The highest BCUT2D eigenvalue weighted by Gasteiger charge is 2.15. The summed E-state index contributed by atoms with van der Waals surface area (Å²) in [5, 5.41) is 0.737. The van der Waals surface area contributed by atoms with Crippen LogP contribution in [0.1, 0.15) is 0 Å². The normalized spacial score (nSPS) is 10.4. The lowest BCUT2D eigenvalue weighted by atomic mass is 9.79. The van der Waals surface area contributed by atoms with Gasteiger partial charge in [-0.25, -0.2) is 0 Å². The third kappa shape index (κ3) is 2.41. The van der Waals surface area contributed by atoms with Crippen molar-refractivity contribution in [1.29, 1.82) is 0 Å². The Balaban J connectivity index is 2.82. The zero-order valence-corrected chi connectivity index (χ0v) is 8.60.